The lowest BCUT2D eigenvalue weighted by Crippen LogP contribution is -2.30. The van der Waals surface area contributed by atoms with Gasteiger partial charge in [-0.15, -0.1) is 0 Å². The van der Waals surface area contributed by atoms with Crippen LogP contribution >= 0.6 is 0 Å². The van der Waals surface area contributed by atoms with Crippen LogP contribution in [0.1, 0.15) is 26.0 Å². The number of nitrogens with zero attached hydrogens (tertiary/aromatic N) is 2. The third-order valence-corrected chi connectivity index (χ3v) is 5.10. The van der Waals surface area contributed by atoms with Crippen LogP contribution in [0.25, 0.3) is 0 Å². The summed E-state index contributed by atoms with van der Waals surface area (Å²) in [4.78, 5) is 0.331. The predicted octanol–water partition coefficient (Wildman–Crippen LogP) is 1.18. The predicted molar refractivity (Wildman–Crippen MR) is 83.7 cm³/mol. The van der Waals surface area contributed by atoms with E-state index in [4.69, 9.17) is 4.74 Å². The van der Waals surface area contributed by atoms with E-state index in [1.807, 2.05) is 18.5 Å². The summed E-state index contributed by atoms with van der Waals surface area (Å²) >= 11 is 0. The Kier molecular flexibility index (Phi) is 7.37. The van der Waals surface area contributed by atoms with Gasteiger partial charge >= 0.3 is 0 Å². The maximum absolute atomic E-state index is 12.5. The summed E-state index contributed by atoms with van der Waals surface area (Å²) in [6.45, 7) is 6.93. The lowest BCUT2D eigenvalue weighted by atomic mass is 10.4. The summed E-state index contributed by atoms with van der Waals surface area (Å²) < 4.78 is 33.3. The first-order valence-corrected chi connectivity index (χ1v) is 8.77. The minimum absolute atomic E-state index is 0.331. The van der Waals surface area contributed by atoms with E-state index in [1.54, 1.807) is 19.3 Å². The fourth-order valence-electron chi connectivity index (χ4n) is 1.92. The molecule has 0 aliphatic rings. The van der Waals surface area contributed by atoms with Crippen molar-refractivity contribution in [2.75, 3.05) is 33.4 Å². The summed E-state index contributed by atoms with van der Waals surface area (Å²) in [5.74, 6) is 0. The highest BCUT2D eigenvalue weighted by Crippen LogP contribution is 2.17. The number of hydrogen-bond acceptors (Lipinski definition) is 4. The highest BCUT2D eigenvalue weighted by Gasteiger charge is 2.22. The second-order valence-electron chi connectivity index (χ2n) is 4.98. The fourth-order valence-corrected chi connectivity index (χ4v) is 3.18. The van der Waals surface area contributed by atoms with Gasteiger partial charge in [-0.25, -0.2) is 8.42 Å². The molecule has 122 valence electrons. The maximum atomic E-state index is 12.5. The molecular weight excluding hydrogens is 290 g/mol. The van der Waals surface area contributed by atoms with Gasteiger partial charge in [-0.1, -0.05) is 6.92 Å². The molecule has 0 bridgehead atoms. The van der Waals surface area contributed by atoms with Crippen molar-refractivity contribution in [3.8, 4) is 0 Å². The van der Waals surface area contributed by atoms with E-state index in [2.05, 4.69) is 12.2 Å². The third kappa shape index (κ3) is 5.10. The second-order valence-corrected chi connectivity index (χ2v) is 7.02. The Bertz CT molecular complexity index is 526. The molecule has 1 rings (SSSR count). The average molecular weight is 317 g/mol. The molecule has 1 aromatic heterocycles. The molecule has 1 N–H and O–H groups in total. The van der Waals surface area contributed by atoms with Gasteiger partial charge in [-0.3, -0.25) is 0 Å². The highest BCUT2D eigenvalue weighted by atomic mass is 32.2. The molecule has 0 aliphatic carbocycles. The van der Waals surface area contributed by atoms with Gasteiger partial charge in [0.25, 0.3) is 0 Å². The van der Waals surface area contributed by atoms with Crippen molar-refractivity contribution in [2.45, 2.75) is 31.7 Å². The molecule has 0 atom stereocenters. The van der Waals surface area contributed by atoms with Gasteiger partial charge in [0.1, 0.15) is 4.90 Å². The second kappa shape index (κ2) is 8.53. The Balaban J connectivity index is 2.76. The third-order valence-electron chi connectivity index (χ3n) is 3.28. The number of aryl methyl sites for hydroxylation is 1. The zero-order valence-electron chi connectivity index (χ0n) is 13.4. The molecule has 0 saturated heterocycles. The van der Waals surface area contributed by atoms with Crippen LogP contribution in [0.4, 0.5) is 0 Å². The van der Waals surface area contributed by atoms with Crippen LogP contribution < -0.4 is 5.32 Å². The molecule has 7 heteroatoms. The lowest BCUT2D eigenvalue weighted by molar-refractivity contribution is 0.138. The van der Waals surface area contributed by atoms with Crippen molar-refractivity contribution in [3.63, 3.8) is 0 Å². The van der Waals surface area contributed by atoms with Crippen molar-refractivity contribution in [1.29, 1.82) is 0 Å². The summed E-state index contributed by atoms with van der Waals surface area (Å²) in [6, 6.07) is 1.73. The standard InChI is InChI=1S/C14H27N3O3S/c1-5-7-15-11-13-10-14(12-16(13)3)21(18,19)17(4)8-9-20-6-2/h10,12,15H,5-9,11H2,1-4H3. The first kappa shape index (κ1) is 18.2. The topological polar surface area (TPSA) is 63.6 Å². The van der Waals surface area contributed by atoms with E-state index in [0.29, 0.717) is 31.2 Å². The van der Waals surface area contributed by atoms with E-state index >= 15 is 0 Å². The molecule has 0 spiro atoms. The molecular formula is C14H27N3O3S. The van der Waals surface area contributed by atoms with E-state index in [-0.39, 0.29) is 0 Å². The number of aromatic nitrogens is 1. The number of hydrogen-bond donors (Lipinski definition) is 1. The van der Waals surface area contributed by atoms with Gasteiger partial charge in [0, 0.05) is 45.7 Å². The van der Waals surface area contributed by atoms with E-state index < -0.39 is 10.0 Å². The highest BCUT2D eigenvalue weighted by molar-refractivity contribution is 7.89. The molecule has 0 aliphatic heterocycles. The van der Waals surface area contributed by atoms with Crippen molar-refractivity contribution >= 4 is 10.0 Å². The normalized spacial score (nSPS) is 12.2. The first-order valence-electron chi connectivity index (χ1n) is 7.33. The Hall–Kier alpha value is -0.890. The van der Waals surface area contributed by atoms with Gasteiger partial charge in [0.2, 0.25) is 10.0 Å². The Morgan fingerprint density at radius 2 is 2.10 bits per heavy atom. The average Bonchev–Trinajstić information content (AvgIpc) is 2.81. The molecule has 0 radical (unpaired) electrons. The summed E-state index contributed by atoms with van der Waals surface area (Å²) in [5.41, 5.74) is 0.959. The van der Waals surface area contributed by atoms with Crippen LogP contribution in [-0.4, -0.2) is 50.6 Å². The van der Waals surface area contributed by atoms with Gasteiger partial charge < -0.3 is 14.6 Å². The van der Waals surface area contributed by atoms with Crippen LogP contribution in [0, 0.1) is 0 Å². The fraction of sp³-hybridized carbons (Fsp3) is 0.714. The lowest BCUT2D eigenvalue weighted by Gasteiger charge is -2.15. The van der Waals surface area contributed by atoms with Crippen LogP contribution in [0.5, 0.6) is 0 Å². The van der Waals surface area contributed by atoms with Gasteiger partial charge in [0.15, 0.2) is 0 Å². The molecule has 0 unspecified atom stereocenters. The molecule has 1 aromatic rings. The van der Waals surface area contributed by atoms with Crippen molar-refractivity contribution in [2.24, 2.45) is 7.05 Å². The summed E-state index contributed by atoms with van der Waals surface area (Å²) in [5, 5.41) is 3.28. The van der Waals surface area contributed by atoms with Gasteiger partial charge in [-0.05, 0) is 26.0 Å². The Labute approximate surface area is 128 Å². The summed E-state index contributed by atoms with van der Waals surface area (Å²) in [7, 11) is -0.00400. The zero-order chi connectivity index (χ0) is 15.9. The number of rotatable bonds is 10. The molecule has 21 heavy (non-hydrogen) atoms. The monoisotopic (exact) mass is 317 g/mol. The minimum Gasteiger partial charge on any atom is -0.380 e. The SMILES string of the molecule is CCCNCc1cc(S(=O)(=O)N(C)CCOCC)cn1C. The van der Waals surface area contributed by atoms with E-state index in [9.17, 15) is 8.42 Å². The number of ether oxygens (including phenoxy) is 1. The molecule has 0 saturated carbocycles. The largest absolute Gasteiger partial charge is 0.380 e. The van der Waals surface area contributed by atoms with Crippen molar-refractivity contribution < 1.29 is 13.2 Å². The number of likely N-dealkylation sites (N-methyl/N-ethyl adjacent to an activating group) is 1. The smallest absolute Gasteiger partial charge is 0.244 e. The molecule has 1 heterocycles. The molecule has 0 fully saturated rings. The van der Waals surface area contributed by atoms with Crippen LogP contribution in [0.3, 0.4) is 0 Å². The van der Waals surface area contributed by atoms with Crippen molar-refractivity contribution in [3.05, 3.63) is 18.0 Å². The quantitative estimate of drug-likeness (QED) is 0.658. The first-order chi connectivity index (χ1) is 9.93. The minimum atomic E-state index is -3.45. The summed E-state index contributed by atoms with van der Waals surface area (Å²) in [6.07, 6.45) is 2.71. The molecule has 0 amide bonds. The van der Waals surface area contributed by atoms with Crippen LogP contribution in [-0.2, 0) is 28.4 Å². The number of sulfonamides is 1. The van der Waals surface area contributed by atoms with E-state index in [1.165, 1.54) is 4.31 Å². The van der Waals surface area contributed by atoms with Crippen molar-refractivity contribution in [1.82, 2.24) is 14.2 Å². The van der Waals surface area contributed by atoms with Gasteiger partial charge in [0.05, 0.1) is 6.61 Å². The van der Waals surface area contributed by atoms with Gasteiger partial charge in [-0.2, -0.15) is 4.31 Å². The zero-order valence-corrected chi connectivity index (χ0v) is 14.2. The molecule has 0 aromatic carbocycles. The molecule has 6 nitrogen and oxygen atoms in total. The van der Waals surface area contributed by atoms with E-state index in [0.717, 1.165) is 18.7 Å². The maximum Gasteiger partial charge on any atom is 0.244 e. The van der Waals surface area contributed by atoms with Crippen LogP contribution in [0.15, 0.2) is 17.2 Å². The number of nitrogens with one attached hydrogen (secondary N) is 1. The Morgan fingerprint density at radius 3 is 2.71 bits per heavy atom. The van der Waals surface area contributed by atoms with Crippen LogP contribution in [0.2, 0.25) is 0 Å². The Morgan fingerprint density at radius 1 is 1.38 bits per heavy atom.